The van der Waals surface area contributed by atoms with Gasteiger partial charge in [0.05, 0.1) is 5.75 Å². The first-order valence-corrected chi connectivity index (χ1v) is 7.66. The molecule has 0 aliphatic carbocycles. The Morgan fingerprint density at radius 1 is 1.33 bits per heavy atom. The van der Waals surface area contributed by atoms with Crippen LogP contribution in [-0.4, -0.2) is 36.7 Å². The quantitative estimate of drug-likeness (QED) is 0.766. The highest BCUT2D eigenvalue weighted by atomic mass is 32.2. The predicted molar refractivity (Wildman–Crippen MR) is 69.0 cm³/mol. The van der Waals surface area contributed by atoms with Crippen molar-refractivity contribution in [3.63, 3.8) is 0 Å². The van der Waals surface area contributed by atoms with Crippen LogP contribution in [0, 0.1) is 0 Å². The van der Waals surface area contributed by atoms with E-state index in [9.17, 15) is 8.42 Å². The van der Waals surface area contributed by atoms with Crippen LogP contribution in [0.15, 0.2) is 18.2 Å². The van der Waals surface area contributed by atoms with Gasteiger partial charge < -0.3 is 5.73 Å². The van der Waals surface area contributed by atoms with E-state index in [-0.39, 0.29) is 5.75 Å². The van der Waals surface area contributed by atoms with Crippen molar-refractivity contribution < 1.29 is 18.7 Å². The third-order valence-electron chi connectivity index (χ3n) is 3.24. The summed E-state index contributed by atoms with van der Waals surface area (Å²) in [6.45, 7) is 2.47. The summed E-state index contributed by atoms with van der Waals surface area (Å²) in [5.74, 6) is -0.161. The molecule has 1 aliphatic heterocycles. The topological polar surface area (TPSA) is 85.3 Å². The first-order chi connectivity index (χ1) is 8.44. The van der Waals surface area contributed by atoms with Gasteiger partial charge in [0, 0.05) is 19.2 Å². The first kappa shape index (κ1) is 13.5. The smallest absolute Gasteiger partial charge is 0.264 e. The van der Waals surface area contributed by atoms with Gasteiger partial charge in [-0.3, -0.25) is 9.45 Å². The minimum absolute atomic E-state index is 0.161. The maximum atomic E-state index is 10.6. The van der Waals surface area contributed by atoms with Gasteiger partial charge in [-0.1, -0.05) is 6.07 Å². The van der Waals surface area contributed by atoms with Crippen LogP contribution in [0.25, 0.3) is 0 Å². The lowest BCUT2D eigenvalue weighted by Crippen LogP contribution is -2.41. The van der Waals surface area contributed by atoms with Crippen molar-refractivity contribution >= 4 is 15.8 Å². The summed E-state index contributed by atoms with van der Waals surface area (Å²) >= 11 is 0. The van der Waals surface area contributed by atoms with Gasteiger partial charge in [-0.05, 0) is 36.6 Å². The van der Waals surface area contributed by atoms with E-state index in [1.807, 2.05) is 6.07 Å². The van der Waals surface area contributed by atoms with E-state index in [0.29, 0.717) is 13.0 Å². The molecule has 0 aromatic heterocycles. The number of hydrogen-bond acceptors (Lipinski definition) is 3. The molecule has 1 aromatic rings. The molecule has 1 aliphatic rings. The monoisotopic (exact) mass is 271 g/mol. The molecular weight excluding hydrogens is 252 g/mol. The number of nitrogens with zero attached hydrogens (tertiary/aromatic N) is 1. The Morgan fingerprint density at radius 3 is 2.83 bits per heavy atom. The lowest BCUT2D eigenvalue weighted by atomic mass is 9.99. The van der Waals surface area contributed by atoms with E-state index in [1.54, 1.807) is 0 Å². The van der Waals surface area contributed by atoms with Crippen molar-refractivity contribution in [2.45, 2.75) is 19.4 Å². The maximum Gasteiger partial charge on any atom is 0.264 e. The average molecular weight is 271 g/mol. The van der Waals surface area contributed by atoms with Gasteiger partial charge in [-0.15, -0.1) is 0 Å². The number of benzene rings is 1. The molecule has 18 heavy (non-hydrogen) atoms. The molecule has 0 atom stereocenters. The molecule has 6 heteroatoms. The van der Waals surface area contributed by atoms with E-state index < -0.39 is 10.1 Å². The van der Waals surface area contributed by atoms with E-state index in [4.69, 9.17) is 4.55 Å². The second-order valence-corrected chi connectivity index (χ2v) is 6.34. The summed E-state index contributed by atoms with van der Waals surface area (Å²) in [6, 6.07) is 6.23. The van der Waals surface area contributed by atoms with Gasteiger partial charge >= 0.3 is 0 Å². The highest BCUT2D eigenvalue weighted by molar-refractivity contribution is 7.85. The summed E-state index contributed by atoms with van der Waals surface area (Å²) in [5.41, 5.74) is 7.56. The molecule has 1 aromatic carbocycles. The molecule has 0 saturated carbocycles. The van der Waals surface area contributed by atoms with Crippen LogP contribution in [0.3, 0.4) is 0 Å². The SMILES string of the molecule is [NH3+]c1ccc2c(c1)CN(CCCS(=O)(=O)O)CC2. The molecule has 0 fully saturated rings. The van der Waals surface area contributed by atoms with Crippen LogP contribution >= 0.6 is 0 Å². The standard InChI is InChI=1S/C12H18N2O3S/c13-12-3-2-10-4-6-14(9-11(10)8-12)5-1-7-18(15,16)17/h2-3,8H,1,4-7,9,13H2,(H,15,16,17)/p+1. The van der Waals surface area contributed by atoms with Crippen LogP contribution in [0.1, 0.15) is 17.5 Å². The molecule has 0 amide bonds. The first-order valence-electron chi connectivity index (χ1n) is 6.05. The van der Waals surface area contributed by atoms with E-state index in [2.05, 4.69) is 22.8 Å². The third-order valence-corrected chi connectivity index (χ3v) is 4.04. The zero-order chi connectivity index (χ0) is 13.2. The van der Waals surface area contributed by atoms with Crippen molar-refractivity contribution in [1.29, 1.82) is 0 Å². The molecule has 0 saturated heterocycles. The third kappa shape index (κ3) is 3.78. The Hall–Kier alpha value is -0.950. The Labute approximate surface area is 107 Å². The number of rotatable bonds is 4. The van der Waals surface area contributed by atoms with Crippen LogP contribution in [0.2, 0.25) is 0 Å². The van der Waals surface area contributed by atoms with E-state index in [1.165, 1.54) is 11.1 Å². The highest BCUT2D eigenvalue weighted by Gasteiger charge is 2.17. The lowest BCUT2D eigenvalue weighted by Gasteiger charge is -2.28. The normalized spacial score (nSPS) is 16.6. The zero-order valence-electron chi connectivity index (χ0n) is 10.3. The van der Waals surface area contributed by atoms with Gasteiger partial charge in [-0.25, -0.2) is 0 Å². The Morgan fingerprint density at radius 2 is 2.11 bits per heavy atom. The van der Waals surface area contributed by atoms with Crippen molar-refractivity contribution in [3.05, 3.63) is 29.3 Å². The van der Waals surface area contributed by atoms with Gasteiger partial charge in [-0.2, -0.15) is 8.42 Å². The maximum absolute atomic E-state index is 10.6. The fraction of sp³-hybridized carbons (Fsp3) is 0.500. The molecule has 5 nitrogen and oxygen atoms in total. The molecule has 2 rings (SSSR count). The Kier molecular flexibility index (Phi) is 4.01. The summed E-state index contributed by atoms with van der Waals surface area (Å²) in [4.78, 5) is 2.22. The zero-order valence-corrected chi connectivity index (χ0v) is 11.1. The van der Waals surface area contributed by atoms with Crippen LogP contribution in [0.4, 0.5) is 5.69 Å². The van der Waals surface area contributed by atoms with Gasteiger partial charge in [0.1, 0.15) is 5.69 Å². The van der Waals surface area contributed by atoms with Crippen LogP contribution in [0.5, 0.6) is 0 Å². The minimum atomic E-state index is -3.83. The minimum Gasteiger partial charge on any atom is -0.325 e. The molecule has 0 spiro atoms. The Bertz CT molecular complexity index is 528. The van der Waals surface area contributed by atoms with E-state index >= 15 is 0 Å². The fourth-order valence-corrected chi connectivity index (χ4v) is 2.82. The highest BCUT2D eigenvalue weighted by Crippen LogP contribution is 2.20. The van der Waals surface area contributed by atoms with Gasteiger partial charge in [0.15, 0.2) is 0 Å². The summed E-state index contributed by atoms with van der Waals surface area (Å²) in [7, 11) is -3.83. The summed E-state index contributed by atoms with van der Waals surface area (Å²) in [6.07, 6.45) is 1.46. The van der Waals surface area contributed by atoms with Crippen LogP contribution in [-0.2, 0) is 23.1 Å². The number of fused-ring (bicyclic) bond motifs is 1. The Balaban J connectivity index is 1.91. The largest absolute Gasteiger partial charge is 0.325 e. The van der Waals surface area contributed by atoms with Crippen molar-refractivity contribution in [3.8, 4) is 0 Å². The van der Waals surface area contributed by atoms with Gasteiger partial charge in [0.2, 0.25) is 0 Å². The molecule has 4 N–H and O–H groups in total. The molecule has 0 radical (unpaired) electrons. The predicted octanol–water partition coefficient (Wildman–Crippen LogP) is 0.196. The second kappa shape index (κ2) is 5.36. The lowest BCUT2D eigenvalue weighted by molar-refractivity contribution is -0.254. The van der Waals surface area contributed by atoms with Gasteiger partial charge in [0.25, 0.3) is 10.1 Å². The summed E-state index contributed by atoms with van der Waals surface area (Å²) in [5, 5.41) is 0. The summed E-state index contributed by atoms with van der Waals surface area (Å²) < 4.78 is 30.0. The molecule has 1 heterocycles. The number of hydrogen-bond donors (Lipinski definition) is 2. The molecular formula is C12H19N2O3S+. The van der Waals surface area contributed by atoms with E-state index in [0.717, 1.165) is 25.2 Å². The molecule has 0 unspecified atom stereocenters. The van der Waals surface area contributed by atoms with Crippen LogP contribution < -0.4 is 5.73 Å². The van der Waals surface area contributed by atoms with Crippen molar-refractivity contribution in [2.75, 3.05) is 18.8 Å². The molecule has 0 bridgehead atoms. The van der Waals surface area contributed by atoms with Crippen molar-refractivity contribution in [2.24, 2.45) is 0 Å². The average Bonchev–Trinajstić information content (AvgIpc) is 2.26. The fourth-order valence-electron chi connectivity index (χ4n) is 2.33. The molecule has 100 valence electrons. The van der Waals surface area contributed by atoms with Crippen molar-refractivity contribution in [1.82, 2.24) is 4.90 Å². The second-order valence-electron chi connectivity index (χ2n) is 4.77. The number of quaternary nitrogens is 1.